The molecule has 1 atom stereocenters. The van der Waals surface area contributed by atoms with Gasteiger partial charge in [0.2, 0.25) is 0 Å². The number of halogens is 3. The van der Waals surface area contributed by atoms with Crippen LogP contribution in [0.2, 0.25) is 0 Å². The van der Waals surface area contributed by atoms with Gasteiger partial charge in [-0.1, -0.05) is 6.07 Å². The second-order valence-corrected chi connectivity index (χ2v) is 5.17. The van der Waals surface area contributed by atoms with Crippen molar-refractivity contribution < 1.29 is 18.0 Å². The van der Waals surface area contributed by atoms with Gasteiger partial charge in [-0.15, -0.1) is 0 Å². The lowest BCUT2D eigenvalue weighted by molar-refractivity contribution is -0.137. The Labute approximate surface area is 121 Å². The zero-order valence-corrected chi connectivity index (χ0v) is 11.7. The maximum atomic E-state index is 12.6. The number of urea groups is 1. The minimum absolute atomic E-state index is 0.159. The van der Waals surface area contributed by atoms with Crippen LogP contribution in [-0.2, 0) is 6.18 Å². The maximum Gasteiger partial charge on any atom is 0.416 e. The van der Waals surface area contributed by atoms with E-state index in [1.54, 1.807) is 4.90 Å². The van der Waals surface area contributed by atoms with Gasteiger partial charge in [0.1, 0.15) is 0 Å². The highest BCUT2D eigenvalue weighted by Gasteiger charge is 2.31. The number of hydrogen-bond donors (Lipinski definition) is 2. The van der Waals surface area contributed by atoms with E-state index in [9.17, 15) is 18.0 Å². The van der Waals surface area contributed by atoms with Crippen LogP contribution >= 0.6 is 0 Å². The Balaban J connectivity index is 1.97. The molecule has 0 aliphatic carbocycles. The smallest absolute Gasteiger partial charge is 0.324 e. The van der Waals surface area contributed by atoms with Gasteiger partial charge in [0.15, 0.2) is 0 Å². The zero-order valence-electron chi connectivity index (χ0n) is 11.7. The molecule has 1 aromatic rings. The van der Waals surface area contributed by atoms with Gasteiger partial charge >= 0.3 is 12.2 Å². The third kappa shape index (κ3) is 4.10. The van der Waals surface area contributed by atoms with Crippen molar-refractivity contribution in [3.8, 4) is 0 Å². The van der Waals surface area contributed by atoms with Gasteiger partial charge in [-0.3, -0.25) is 0 Å². The maximum absolute atomic E-state index is 12.6. The van der Waals surface area contributed by atoms with Gasteiger partial charge in [0.05, 0.1) is 5.56 Å². The van der Waals surface area contributed by atoms with Crippen LogP contribution in [0.15, 0.2) is 24.3 Å². The lowest BCUT2D eigenvalue weighted by Crippen LogP contribution is -2.34. The van der Waals surface area contributed by atoms with Crippen molar-refractivity contribution in [1.29, 1.82) is 0 Å². The number of rotatable bonds is 3. The molecule has 2 amide bonds. The van der Waals surface area contributed by atoms with E-state index in [2.05, 4.69) is 10.6 Å². The Kier molecular flexibility index (Phi) is 4.72. The van der Waals surface area contributed by atoms with Gasteiger partial charge in [-0.2, -0.15) is 13.2 Å². The number of nitrogens with zero attached hydrogens (tertiary/aromatic N) is 1. The van der Waals surface area contributed by atoms with E-state index >= 15 is 0 Å². The first-order chi connectivity index (χ1) is 9.90. The van der Waals surface area contributed by atoms with Crippen LogP contribution < -0.4 is 10.6 Å². The van der Waals surface area contributed by atoms with Gasteiger partial charge in [0, 0.05) is 18.8 Å². The number of carbonyl (C=O) groups is 1. The summed E-state index contributed by atoms with van der Waals surface area (Å²) >= 11 is 0. The summed E-state index contributed by atoms with van der Waals surface area (Å²) in [6.07, 6.45) is -3.51. The molecule has 2 rings (SSSR count). The molecule has 21 heavy (non-hydrogen) atoms. The van der Waals surface area contributed by atoms with E-state index < -0.39 is 11.7 Å². The standard InChI is InChI=1S/C14H18F3N3O/c1-18-8-10-5-6-20(9-10)13(21)19-12-4-2-3-11(7-12)14(15,16)17/h2-4,7,10,18H,5-6,8-9H2,1H3,(H,19,21). The lowest BCUT2D eigenvalue weighted by atomic mass is 10.1. The average molecular weight is 301 g/mol. The number of nitrogens with one attached hydrogen (secondary N) is 2. The molecule has 1 saturated heterocycles. The largest absolute Gasteiger partial charge is 0.416 e. The number of benzene rings is 1. The number of likely N-dealkylation sites (tertiary alicyclic amines) is 1. The Morgan fingerprint density at radius 2 is 2.19 bits per heavy atom. The second-order valence-electron chi connectivity index (χ2n) is 5.17. The predicted molar refractivity (Wildman–Crippen MR) is 74.1 cm³/mol. The fraction of sp³-hybridized carbons (Fsp3) is 0.500. The van der Waals surface area contributed by atoms with Crippen molar-refractivity contribution >= 4 is 11.7 Å². The molecule has 1 aromatic carbocycles. The highest BCUT2D eigenvalue weighted by Crippen LogP contribution is 2.30. The fourth-order valence-electron chi connectivity index (χ4n) is 2.45. The Bertz CT molecular complexity index is 504. The molecule has 1 fully saturated rings. The molecule has 0 aromatic heterocycles. The molecule has 0 saturated carbocycles. The number of hydrogen-bond acceptors (Lipinski definition) is 2. The lowest BCUT2D eigenvalue weighted by Gasteiger charge is -2.18. The van der Waals surface area contributed by atoms with Gasteiger partial charge in [-0.05, 0) is 44.1 Å². The molecule has 1 unspecified atom stereocenters. The van der Waals surface area contributed by atoms with Gasteiger partial charge < -0.3 is 15.5 Å². The first-order valence-electron chi connectivity index (χ1n) is 6.78. The minimum Gasteiger partial charge on any atom is -0.324 e. The number of amides is 2. The Hall–Kier alpha value is -1.76. The van der Waals surface area contributed by atoms with Crippen molar-refractivity contribution in [1.82, 2.24) is 10.2 Å². The quantitative estimate of drug-likeness (QED) is 0.901. The van der Waals surface area contributed by atoms with E-state index in [0.29, 0.717) is 19.0 Å². The predicted octanol–water partition coefficient (Wildman–Crippen LogP) is 2.78. The Morgan fingerprint density at radius 1 is 1.43 bits per heavy atom. The molecule has 7 heteroatoms. The summed E-state index contributed by atoms with van der Waals surface area (Å²) in [5.41, 5.74) is -0.610. The third-order valence-corrected chi connectivity index (χ3v) is 3.51. The van der Waals surface area contributed by atoms with Crippen LogP contribution in [-0.4, -0.2) is 37.6 Å². The highest BCUT2D eigenvalue weighted by atomic mass is 19.4. The summed E-state index contributed by atoms with van der Waals surface area (Å²) in [7, 11) is 1.85. The summed E-state index contributed by atoms with van der Waals surface area (Å²) in [6.45, 7) is 2.07. The van der Waals surface area contributed by atoms with Crippen molar-refractivity contribution in [2.24, 2.45) is 5.92 Å². The SMILES string of the molecule is CNCC1CCN(C(=O)Nc2cccc(C(F)(F)F)c2)C1. The van der Waals surface area contributed by atoms with E-state index in [-0.39, 0.29) is 11.7 Å². The van der Waals surface area contributed by atoms with Crippen LogP contribution in [0, 0.1) is 5.92 Å². The van der Waals surface area contributed by atoms with Crippen molar-refractivity contribution in [2.75, 3.05) is 32.0 Å². The molecule has 4 nitrogen and oxygen atoms in total. The van der Waals surface area contributed by atoms with Crippen LogP contribution in [0.4, 0.5) is 23.7 Å². The summed E-state index contributed by atoms with van der Waals surface area (Å²) in [6, 6.07) is 4.31. The van der Waals surface area contributed by atoms with Crippen LogP contribution in [0.1, 0.15) is 12.0 Å². The van der Waals surface area contributed by atoms with E-state index in [1.165, 1.54) is 12.1 Å². The van der Waals surface area contributed by atoms with E-state index in [0.717, 1.165) is 25.1 Å². The molecule has 2 N–H and O–H groups in total. The molecule has 0 radical (unpaired) electrons. The second kappa shape index (κ2) is 6.34. The molecular formula is C14H18F3N3O. The topological polar surface area (TPSA) is 44.4 Å². The number of alkyl halides is 3. The Morgan fingerprint density at radius 3 is 2.86 bits per heavy atom. The van der Waals surface area contributed by atoms with Crippen molar-refractivity contribution in [3.05, 3.63) is 29.8 Å². The molecule has 1 aliphatic rings. The van der Waals surface area contributed by atoms with E-state index in [1.807, 2.05) is 7.05 Å². The van der Waals surface area contributed by atoms with Crippen LogP contribution in [0.25, 0.3) is 0 Å². The van der Waals surface area contributed by atoms with Gasteiger partial charge in [-0.25, -0.2) is 4.79 Å². The summed E-state index contributed by atoms with van der Waals surface area (Å²) in [4.78, 5) is 13.7. The molecule has 0 spiro atoms. The van der Waals surface area contributed by atoms with Crippen molar-refractivity contribution in [2.45, 2.75) is 12.6 Å². The van der Waals surface area contributed by atoms with E-state index in [4.69, 9.17) is 0 Å². The molecule has 116 valence electrons. The summed E-state index contributed by atoms with van der Waals surface area (Å²) < 4.78 is 37.8. The first kappa shape index (κ1) is 15.6. The zero-order chi connectivity index (χ0) is 15.5. The third-order valence-electron chi connectivity index (χ3n) is 3.51. The highest BCUT2D eigenvalue weighted by molar-refractivity contribution is 5.89. The average Bonchev–Trinajstić information content (AvgIpc) is 2.87. The summed E-state index contributed by atoms with van der Waals surface area (Å²) in [5.74, 6) is 0.391. The van der Waals surface area contributed by atoms with Gasteiger partial charge in [0.25, 0.3) is 0 Å². The fourth-order valence-corrected chi connectivity index (χ4v) is 2.45. The molecular weight excluding hydrogens is 283 g/mol. The number of anilines is 1. The minimum atomic E-state index is -4.41. The first-order valence-corrected chi connectivity index (χ1v) is 6.78. The van der Waals surface area contributed by atoms with Crippen LogP contribution in [0.3, 0.4) is 0 Å². The molecule has 1 heterocycles. The van der Waals surface area contributed by atoms with Crippen molar-refractivity contribution in [3.63, 3.8) is 0 Å². The number of carbonyl (C=O) groups excluding carboxylic acids is 1. The monoisotopic (exact) mass is 301 g/mol. The van der Waals surface area contributed by atoms with Crippen LogP contribution in [0.5, 0.6) is 0 Å². The normalized spacial score (nSPS) is 18.9. The summed E-state index contributed by atoms with van der Waals surface area (Å²) in [5, 5.41) is 5.59. The molecule has 0 bridgehead atoms. The molecule has 1 aliphatic heterocycles.